The Morgan fingerprint density at radius 3 is 2.36 bits per heavy atom. The predicted octanol–water partition coefficient (Wildman–Crippen LogP) is 4.67. The Bertz CT molecular complexity index is 510. The Balaban J connectivity index is 0.00000225. The zero-order valence-corrected chi connectivity index (χ0v) is 16.3. The van der Waals surface area contributed by atoms with E-state index in [1.165, 1.54) is 63.6 Å². The van der Waals surface area contributed by atoms with E-state index in [2.05, 4.69) is 35.2 Å². The molecule has 1 aromatic carbocycles. The second-order valence-electron chi connectivity index (χ2n) is 7.65. The highest BCUT2D eigenvalue weighted by molar-refractivity contribution is 5.85. The second-order valence-corrected chi connectivity index (χ2v) is 7.65. The molecule has 2 fully saturated rings. The van der Waals surface area contributed by atoms with Crippen molar-refractivity contribution in [3.63, 3.8) is 0 Å². The first-order valence-corrected chi connectivity index (χ1v) is 9.77. The molecular formula is C21H33ClN2O. The van der Waals surface area contributed by atoms with Crippen molar-refractivity contribution < 1.29 is 4.79 Å². The molecular weight excluding hydrogens is 332 g/mol. The number of rotatable bonds is 6. The number of likely N-dealkylation sites (tertiary alicyclic amines) is 1. The van der Waals surface area contributed by atoms with Crippen molar-refractivity contribution in [3.05, 3.63) is 35.9 Å². The number of amides is 1. The third kappa shape index (κ3) is 5.72. The molecule has 3 nitrogen and oxygen atoms in total. The number of carbonyl (C=O) groups is 1. The van der Waals surface area contributed by atoms with Crippen molar-refractivity contribution >= 4 is 18.3 Å². The molecule has 1 aromatic rings. The van der Waals surface area contributed by atoms with Gasteiger partial charge in [0.05, 0.1) is 6.04 Å². The van der Waals surface area contributed by atoms with Crippen LogP contribution in [0.3, 0.4) is 0 Å². The summed E-state index contributed by atoms with van der Waals surface area (Å²) in [4.78, 5) is 17.5. The molecule has 0 spiro atoms. The average molecular weight is 365 g/mol. The van der Waals surface area contributed by atoms with Crippen LogP contribution in [-0.4, -0.2) is 42.4 Å². The molecule has 0 radical (unpaired) electrons. The number of halogens is 1. The fourth-order valence-corrected chi connectivity index (χ4v) is 4.29. The molecule has 2 aliphatic rings. The Hall–Kier alpha value is -1.06. The van der Waals surface area contributed by atoms with Gasteiger partial charge in [0.15, 0.2) is 0 Å². The first-order valence-electron chi connectivity index (χ1n) is 9.77. The Morgan fingerprint density at radius 1 is 1.08 bits per heavy atom. The van der Waals surface area contributed by atoms with Crippen LogP contribution in [0.15, 0.2) is 30.3 Å². The van der Waals surface area contributed by atoms with Crippen molar-refractivity contribution in [1.82, 2.24) is 9.80 Å². The van der Waals surface area contributed by atoms with Gasteiger partial charge in [0, 0.05) is 20.0 Å². The van der Waals surface area contributed by atoms with Crippen molar-refractivity contribution in [2.75, 3.05) is 26.7 Å². The summed E-state index contributed by atoms with van der Waals surface area (Å²) in [5.41, 5.74) is 1.27. The summed E-state index contributed by atoms with van der Waals surface area (Å²) in [6.45, 7) is 3.32. The highest BCUT2D eigenvalue weighted by Crippen LogP contribution is 2.29. The van der Waals surface area contributed by atoms with Crippen molar-refractivity contribution in [3.8, 4) is 0 Å². The number of hydrogen-bond acceptors (Lipinski definition) is 2. The fraction of sp³-hybridized carbons (Fsp3) is 0.667. The minimum absolute atomic E-state index is 0. The van der Waals surface area contributed by atoms with Crippen LogP contribution in [0.5, 0.6) is 0 Å². The van der Waals surface area contributed by atoms with E-state index >= 15 is 0 Å². The summed E-state index contributed by atoms with van der Waals surface area (Å²) in [5.74, 6) is 0.937. The first kappa shape index (κ1) is 20.3. The Kier molecular flexibility index (Phi) is 8.25. The molecule has 0 unspecified atom stereocenters. The molecule has 0 aromatic heterocycles. The van der Waals surface area contributed by atoms with Gasteiger partial charge in [-0.25, -0.2) is 0 Å². The van der Waals surface area contributed by atoms with E-state index in [1.54, 1.807) is 0 Å². The third-order valence-electron chi connectivity index (χ3n) is 5.86. The van der Waals surface area contributed by atoms with E-state index in [-0.39, 0.29) is 18.4 Å². The summed E-state index contributed by atoms with van der Waals surface area (Å²) in [6, 6.07) is 10.8. The number of benzene rings is 1. The van der Waals surface area contributed by atoms with Crippen LogP contribution in [0.2, 0.25) is 0 Å². The zero-order chi connectivity index (χ0) is 16.8. The van der Waals surface area contributed by atoms with E-state index in [4.69, 9.17) is 0 Å². The van der Waals surface area contributed by atoms with Gasteiger partial charge in [-0.1, -0.05) is 49.6 Å². The summed E-state index contributed by atoms with van der Waals surface area (Å²) in [5, 5.41) is 0. The molecule has 1 atom stereocenters. The Morgan fingerprint density at radius 2 is 1.72 bits per heavy atom. The van der Waals surface area contributed by atoms with E-state index < -0.39 is 0 Å². The molecule has 0 bridgehead atoms. The van der Waals surface area contributed by atoms with E-state index in [1.807, 2.05) is 11.9 Å². The van der Waals surface area contributed by atoms with Gasteiger partial charge in [-0.05, 0) is 50.3 Å². The maximum atomic E-state index is 12.9. The average Bonchev–Trinajstić information content (AvgIpc) is 3.14. The number of carbonyl (C=O) groups excluding carboxylic acids is 1. The minimum Gasteiger partial charge on any atom is -0.337 e. The first-order chi connectivity index (χ1) is 11.7. The summed E-state index contributed by atoms with van der Waals surface area (Å²) >= 11 is 0. The summed E-state index contributed by atoms with van der Waals surface area (Å²) in [7, 11) is 2.01. The fourth-order valence-electron chi connectivity index (χ4n) is 4.29. The largest absolute Gasteiger partial charge is 0.337 e. The summed E-state index contributed by atoms with van der Waals surface area (Å²) < 4.78 is 0. The van der Waals surface area contributed by atoms with Gasteiger partial charge < -0.3 is 9.80 Å². The predicted molar refractivity (Wildman–Crippen MR) is 106 cm³/mol. The molecule has 25 heavy (non-hydrogen) atoms. The highest BCUT2D eigenvalue weighted by atomic mass is 35.5. The van der Waals surface area contributed by atoms with Gasteiger partial charge in [-0.3, -0.25) is 4.79 Å². The van der Waals surface area contributed by atoms with E-state index in [9.17, 15) is 4.79 Å². The van der Waals surface area contributed by atoms with Crippen LogP contribution in [0.1, 0.15) is 63.0 Å². The normalized spacial score (nSPS) is 20.0. The molecule has 1 saturated heterocycles. The monoisotopic (exact) mass is 364 g/mol. The quantitative estimate of drug-likeness (QED) is 0.732. The molecule has 4 heteroatoms. The molecule has 140 valence electrons. The molecule has 1 heterocycles. The highest BCUT2D eigenvalue weighted by Gasteiger charge is 2.27. The Labute approximate surface area is 159 Å². The van der Waals surface area contributed by atoms with E-state index in [0.717, 1.165) is 13.0 Å². The van der Waals surface area contributed by atoms with Gasteiger partial charge in [0.25, 0.3) is 0 Å². The molecule has 1 amide bonds. The topological polar surface area (TPSA) is 23.6 Å². The minimum atomic E-state index is 0. The molecule has 0 N–H and O–H groups in total. The van der Waals surface area contributed by atoms with Crippen LogP contribution < -0.4 is 0 Å². The van der Waals surface area contributed by atoms with E-state index in [0.29, 0.717) is 11.8 Å². The molecule has 1 saturated carbocycles. The zero-order valence-electron chi connectivity index (χ0n) is 15.5. The lowest BCUT2D eigenvalue weighted by Gasteiger charge is -2.33. The van der Waals surface area contributed by atoms with Crippen LogP contribution in [0.25, 0.3) is 0 Å². The van der Waals surface area contributed by atoms with Gasteiger partial charge in [-0.15, -0.1) is 12.4 Å². The lowest BCUT2D eigenvalue weighted by atomic mass is 9.86. The molecule has 1 aliphatic heterocycles. The van der Waals surface area contributed by atoms with Crippen molar-refractivity contribution in [2.24, 2.45) is 5.92 Å². The SMILES string of the molecule is CN(C(=O)CC1CCCCC1)[C@H](CN1CCCC1)c1ccccc1.Cl. The maximum absolute atomic E-state index is 12.9. The van der Waals surface area contributed by atoms with Gasteiger partial charge in [-0.2, -0.15) is 0 Å². The van der Waals surface area contributed by atoms with Crippen LogP contribution >= 0.6 is 12.4 Å². The van der Waals surface area contributed by atoms with Crippen LogP contribution in [0.4, 0.5) is 0 Å². The molecule has 1 aliphatic carbocycles. The molecule has 3 rings (SSSR count). The lowest BCUT2D eigenvalue weighted by molar-refractivity contribution is -0.133. The number of nitrogens with zero attached hydrogens (tertiary/aromatic N) is 2. The third-order valence-corrected chi connectivity index (χ3v) is 5.86. The lowest BCUT2D eigenvalue weighted by Crippen LogP contribution is -2.39. The van der Waals surface area contributed by atoms with Gasteiger partial charge in [0.1, 0.15) is 0 Å². The van der Waals surface area contributed by atoms with Crippen LogP contribution in [0, 0.1) is 5.92 Å². The maximum Gasteiger partial charge on any atom is 0.223 e. The number of hydrogen-bond donors (Lipinski definition) is 0. The van der Waals surface area contributed by atoms with Crippen LogP contribution in [-0.2, 0) is 4.79 Å². The van der Waals surface area contributed by atoms with Crippen molar-refractivity contribution in [1.29, 1.82) is 0 Å². The second kappa shape index (κ2) is 10.2. The van der Waals surface area contributed by atoms with Gasteiger partial charge >= 0.3 is 0 Å². The van der Waals surface area contributed by atoms with Crippen molar-refractivity contribution in [2.45, 2.75) is 57.4 Å². The number of likely N-dealkylation sites (N-methyl/N-ethyl adjacent to an activating group) is 1. The summed E-state index contributed by atoms with van der Waals surface area (Å²) in [6.07, 6.45) is 9.75. The standard InChI is InChI=1S/C21H32N2O.ClH/c1-22(21(24)16-18-10-4-2-5-11-18)20(17-23-14-8-9-15-23)19-12-6-3-7-13-19;/h3,6-7,12-13,18,20H,2,4-5,8-11,14-17H2,1H3;1H/t20-;/m1./s1. The smallest absolute Gasteiger partial charge is 0.223 e. The van der Waals surface area contributed by atoms with Gasteiger partial charge in [0.2, 0.25) is 5.91 Å².